The Bertz CT molecular complexity index is 1240. The van der Waals surface area contributed by atoms with Gasteiger partial charge in [0.2, 0.25) is 5.91 Å². The lowest BCUT2D eigenvalue weighted by molar-refractivity contribution is -0.120. The quantitative estimate of drug-likeness (QED) is 0.254. The highest BCUT2D eigenvalue weighted by Gasteiger charge is 2.25. The number of hydrogen-bond acceptors (Lipinski definition) is 7. The molecule has 206 valence electrons. The second-order valence-corrected chi connectivity index (χ2v) is 9.91. The van der Waals surface area contributed by atoms with E-state index in [-0.39, 0.29) is 30.9 Å². The van der Waals surface area contributed by atoms with Crippen molar-refractivity contribution in [1.82, 2.24) is 20.6 Å². The summed E-state index contributed by atoms with van der Waals surface area (Å²) in [7, 11) is 1.61. The molecule has 0 unspecified atom stereocenters. The Kier molecular flexibility index (Phi) is 9.85. The maximum absolute atomic E-state index is 12.9. The Hall–Kier alpha value is -3.98. The lowest BCUT2D eigenvalue weighted by Crippen LogP contribution is -2.45. The van der Waals surface area contributed by atoms with Crippen LogP contribution in [0.3, 0.4) is 0 Å². The number of aryl methyl sites for hydroxylation is 1. The van der Waals surface area contributed by atoms with Crippen molar-refractivity contribution in [3.8, 4) is 11.1 Å². The van der Waals surface area contributed by atoms with Crippen molar-refractivity contribution in [1.29, 1.82) is 0 Å². The molecule has 0 spiro atoms. The second-order valence-electron chi connectivity index (χ2n) is 9.91. The van der Waals surface area contributed by atoms with Gasteiger partial charge in [0, 0.05) is 37.0 Å². The van der Waals surface area contributed by atoms with Gasteiger partial charge in [0.15, 0.2) is 0 Å². The van der Waals surface area contributed by atoms with Crippen LogP contribution in [0.25, 0.3) is 11.1 Å². The van der Waals surface area contributed by atoms with Crippen LogP contribution in [-0.2, 0) is 16.1 Å². The number of benzene rings is 2. The zero-order chi connectivity index (χ0) is 27.6. The highest BCUT2D eigenvalue weighted by molar-refractivity contribution is 5.94. The van der Waals surface area contributed by atoms with E-state index in [1.54, 1.807) is 7.11 Å². The number of carbonyl (C=O) groups excluding carboxylic acids is 2. The molecule has 9 heteroatoms. The summed E-state index contributed by atoms with van der Waals surface area (Å²) < 4.78 is 5.05. The van der Waals surface area contributed by atoms with Gasteiger partial charge in [-0.05, 0) is 55.2 Å². The third-order valence-corrected chi connectivity index (χ3v) is 6.95. The molecule has 4 rings (SSSR count). The number of rotatable bonds is 11. The third-order valence-electron chi connectivity index (χ3n) is 6.95. The van der Waals surface area contributed by atoms with E-state index in [4.69, 9.17) is 10.5 Å². The maximum atomic E-state index is 12.9. The molecular formula is C30H38N6O3. The molecule has 1 aliphatic carbocycles. The third kappa shape index (κ3) is 8.00. The molecule has 0 bridgehead atoms. The number of methoxy groups -OCH3 is 1. The molecule has 1 saturated carbocycles. The minimum Gasteiger partial charge on any atom is -0.399 e. The molecule has 39 heavy (non-hydrogen) atoms. The van der Waals surface area contributed by atoms with Crippen molar-refractivity contribution in [2.45, 2.75) is 51.6 Å². The standard InChI is InChI=1S/C30H38N6O3/c1-21-34-26(19-33-30(38)24-10-8-22(9-11-24)23-12-14-25(31)15-13-23)18-28(35-21)36(27-6-4-3-5-7-27)20-29(37)32-16-17-39-2/h8-15,18,27H,3-7,16-17,19-20,31H2,1-2H3,(H,32,37)(H,33,38). The van der Waals surface area contributed by atoms with Crippen LogP contribution in [0.1, 0.15) is 54.0 Å². The van der Waals surface area contributed by atoms with Crippen LogP contribution in [0.15, 0.2) is 54.6 Å². The van der Waals surface area contributed by atoms with Gasteiger partial charge in [-0.15, -0.1) is 0 Å². The van der Waals surface area contributed by atoms with Gasteiger partial charge in [-0.2, -0.15) is 0 Å². The van der Waals surface area contributed by atoms with Gasteiger partial charge in [-0.3, -0.25) is 9.59 Å². The average molecular weight is 531 g/mol. The minimum absolute atomic E-state index is 0.0637. The molecule has 0 atom stereocenters. The van der Waals surface area contributed by atoms with Gasteiger partial charge < -0.3 is 26.0 Å². The highest BCUT2D eigenvalue weighted by atomic mass is 16.5. The summed E-state index contributed by atoms with van der Waals surface area (Å²) >= 11 is 0. The van der Waals surface area contributed by atoms with Gasteiger partial charge in [0.05, 0.1) is 25.4 Å². The number of hydrogen-bond donors (Lipinski definition) is 3. The summed E-state index contributed by atoms with van der Waals surface area (Å²) in [5.74, 6) is 1.07. The maximum Gasteiger partial charge on any atom is 0.251 e. The summed E-state index contributed by atoms with van der Waals surface area (Å²) in [5.41, 5.74) is 9.81. The molecule has 4 N–H and O–H groups in total. The number of carbonyl (C=O) groups is 2. The summed E-state index contributed by atoms with van der Waals surface area (Å²) in [5, 5.41) is 5.89. The van der Waals surface area contributed by atoms with E-state index in [9.17, 15) is 9.59 Å². The monoisotopic (exact) mass is 530 g/mol. The van der Waals surface area contributed by atoms with Crippen molar-refractivity contribution in [2.24, 2.45) is 0 Å². The van der Waals surface area contributed by atoms with Gasteiger partial charge in [-0.1, -0.05) is 43.5 Å². The van der Waals surface area contributed by atoms with Crippen molar-refractivity contribution >= 4 is 23.3 Å². The Balaban J connectivity index is 1.44. The Morgan fingerprint density at radius 2 is 1.64 bits per heavy atom. The first-order chi connectivity index (χ1) is 18.9. The number of ether oxygens (including phenoxy) is 1. The Morgan fingerprint density at radius 3 is 2.31 bits per heavy atom. The van der Waals surface area contributed by atoms with Crippen LogP contribution in [0, 0.1) is 6.92 Å². The molecule has 0 saturated heterocycles. The molecule has 1 aliphatic rings. The topological polar surface area (TPSA) is 122 Å². The van der Waals surface area contributed by atoms with Gasteiger partial charge in [0.1, 0.15) is 11.6 Å². The van der Waals surface area contributed by atoms with Gasteiger partial charge in [-0.25, -0.2) is 9.97 Å². The van der Waals surface area contributed by atoms with E-state index in [0.717, 1.165) is 36.8 Å². The van der Waals surface area contributed by atoms with Crippen LogP contribution in [-0.4, -0.2) is 54.6 Å². The zero-order valence-corrected chi connectivity index (χ0v) is 22.8. The molecule has 1 heterocycles. The number of amides is 2. The fourth-order valence-electron chi connectivity index (χ4n) is 4.91. The smallest absolute Gasteiger partial charge is 0.251 e. The van der Waals surface area contributed by atoms with Gasteiger partial charge >= 0.3 is 0 Å². The van der Waals surface area contributed by atoms with Crippen molar-refractivity contribution in [3.05, 3.63) is 71.7 Å². The molecule has 1 fully saturated rings. The van der Waals surface area contributed by atoms with E-state index in [1.165, 1.54) is 6.42 Å². The predicted molar refractivity (Wildman–Crippen MR) is 153 cm³/mol. The van der Waals surface area contributed by atoms with Crippen LogP contribution < -0.4 is 21.3 Å². The van der Waals surface area contributed by atoms with E-state index in [0.29, 0.717) is 41.7 Å². The molecule has 0 aliphatic heterocycles. The molecule has 3 aromatic rings. The number of nitrogens with one attached hydrogen (secondary N) is 2. The number of aromatic nitrogens is 2. The minimum atomic E-state index is -0.182. The van der Waals surface area contributed by atoms with Crippen molar-refractivity contribution in [3.63, 3.8) is 0 Å². The Labute approximate surface area is 230 Å². The fourth-order valence-corrected chi connectivity index (χ4v) is 4.91. The molecular weight excluding hydrogens is 492 g/mol. The van der Waals surface area contributed by atoms with Crippen molar-refractivity contribution in [2.75, 3.05) is 37.4 Å². The largest absolute Gasteiger partial charge is 0.399 e. The summed E-state index contributed by atoms with van der Waals surface area (Å²) in [6.45, 7) is 3.25. The fraction of sp³-hybridized carbons (Fsp3) is 0.400. The first-order valence-corrected chi connectivity index (χ1v) is 13.5. The molecule has 9 nitrogen and oxygen atoms in total. The van der Waals surface area contributed by atoms with Crippen LogP contribution in [0.4, 0.5) is 11.5 Å². The lowest BCUT2D eigenvalue weighted by Gasteiger charge is -2.35. The lowest BCUT2D eigenvalue weighted by atomic mass is 9.94. The molecule has 2 amide bonds. The zero-order valence-electron chi connectivity index (χ0n) is 22.8. The second kappa shape index (κ2) is 13.7. The van der Waals surface area contributed by atoms with Crippen LogP contribution in [0.2, 0.25) is 0 Å². The van der Waals surface area contributed by atoms with E-state index >= 15 is 0 Å². The summed E-state index contributed by atoms with van der Waals surface area (Å²) in [6.07, 6.45) is 5.53. The Morgan fingerprint density at radius 1 is 0.974 bits per heavy atom. The average Bonchev–Trinajstić information content (AvgIpc) is 2.95. The number of nitrogen functional groups attached to an aromatic ring is 1. The highest BCUT2D eigenvalue weighted by Crippen LogP contribution is 2.27. The number of nitrogens with two attached hydrogens (primary N) is 1. The van der Waals surface area contributed by atoms with E-state index in [2.05, 4.69) is 25.5 Å². The SMILES string of the molecule is COCCNC(=O)CN(c1cc(CNC(=O)c2ccc(-c3ccc(N)cc3)cc2)nc(C)n1)C1CCCCC1. The first-order valence-electron chi connectivity index (χ1n) is 13.5. The summed E-state index contributed by atoms with van der Waals surface area (Å²) in [4.78, 5) is 36.9. The first kappa shape index (κ1) is 28.0. The number of nitrogens with zero attached hydrogens (tertiary/aromatic N) is 3. The molecule has 0 radical (unpaired) electrons. The van der Waals surface area contributed by atoms with Crippen LogP contribution in [0.5, 0.6) is 0 Å². The molecule has 2 aromatic carbocycles. The normalized spacial score (nSPS) is 13.6. The molecule has 1 aromatic heterocycles. The van der Waals surface area contributed by atoms with Crippen molar-refractivity contribution < 1.29 is 14.3 Å². The van der Waals surface area contributed by atoms with E-state index < -0.39 is 0 Å². The van der Waals surface area contributed by atoms with E-state index in [1.807, 2.05) is 61.5 Å². The predicted octanol–water partition coefficient (Wildman–Crippen LogP) is 3.87. The summed E-state index contributed by atoms with van der Waals surface area (Å²) in [6, 6.07) is 17.2. The van der Waals surface area contributed by atoms with Gasteiger partial charge in [0.25, 0.3) is 5.91 Å². The van der Waals surface area contributed by atoms with Crippen LogP contribution >= 0.6 is 0 Å². The number of anilines is 2.